The maximum absolute atomic E-state index is 12.4. The zero-order valence-electron chi connectivity index (χ0n) is 13.9. The predicted octanol–water partition coefficient (Wildman–Crippen LogP) is 0.428. The van der Waals surface area contributed by atoms with Gasteiger partial charge in [-0.2, -0.15) is 0 Å². The fourth-order valence-corrected chi connectivity index (χ4v) is 3.88. The summed E-state index contributed by atoms with van der Waals surface area (Å²) in [5, 5.41) is 2.75. The summed E-state index contributed by atoms with van der Waals surface area (Å²) in [6.45, 7) is 3.58. The van der Waals surface area contributed by atoms with Crippen molar-refractivity contribution in [3.05, 3.63) is 24.3 Å². The molecule has 1 aromatic carbocycles. The molecule has 8 nitrogen and oxygen atoms in total. The highest BCUT2D eigenvalue weighted by Crippen LogP contribution is 2.16. The Balaban J connectivity index is 1.63. The Bertz CT molecular complexity index is 757. The number of ether oxygens (including phenoxy) is 1. The number of rotatable bonds is 5. The Labute approximate surface area is 147 Å². The molecule has 1 fully saturated rings. The molecule has 0 aliphatic carbocycles. The first-order chi connectivity index (χ1) is 12.0. The van der Waals surface area contributed by atoms with Crippen molar-refractivity contribution in [2.45, 2.75) is 17.7 Å². The molecule has 2 heterocycles. The number of hydrogen-bond acceptors (Lipinski definition) is 6. The predicted molar refractivity (Wildman–Crippen MR) is 94.2 cm³/mol. The summed E-state index contributed by atoms with van der Waals surface area (Å²) in [5.41, 5.74) is 0.453. The van der Waals surface area contributed by atoms with Crippen molar-refractivity contribution in [1.29, 1.82) is 0 Å². The molecule has 0 unspecified atom stereocenters. The number of amides is 1. The molecule has 1 amide bonds. The normalized spacial score (nSPS) is 18.6. The van der Waals surface area contributed by atoms with E-state index in [-0.39, 0.29) is 17.3 Å². The summed E-state index contributed by atoms with van der Waals surface area (Å²) in [7, 11) is -3.69. The van der Waals surface area contributed by atoms with E-state index in [0.717, 1.165) is 6.42 Å². The van der Waals surface area contributed by atoms with Crippen LogP contribution in [0.1, 0.15) is 12.8 Å². The fourth-order valence-electron chi connectivity index (χ4n) is 2.74. The highest BCUT2D eigenvalue weighted by Gasteiger charge is 2.19. The molecule has 0 aromatic heterocycles. The van der Waals surface area contributed by atoms with Crippen LogP contribution in [0.3, 0.4) is 0 Å². The molecule has 3 rings (SSSR count). The van der Waals surface area contributed by atoms with Crippen LogP contribution < -0.4 is 10.0 Å². The molecule has 1 saturated heterocycles. The second-order valence-corrected chi connectivity index (χ2v) is 7.68. The average molecular weight is 366 g/mol. The van der Waals surface area contributed by atoms with Gasteiger partial charge in [0.2, 0.25) is 5.91 Å². The fraction of sp³-hybridized carbons (Fsp3) is 0.500. The monoisotopic (exact) mass is 366 g/mol. The second kappa shape index (κ2) is 7.94. The maximum Gasteiger partial charge on any atom is 0.262 e. The topological polar surface area (TPSA) is 100 Å². The molecule has 0 saturated carbocycles. The summed E-state index contributed by atoms with van der Waals surface area (Å²) in [6.07, 6.45) is 1.49. The summed E-state index contributed by atoms with van der Waals surface area (Å²) >= 11 is 0. The van der Waals surface area contributed by atoms with Crippen LogP contribution in [0.4, 0.5) is 5.69 Å². The summed E-state index contributed by atoms with van der Waals surface area (Å²) in [5.74, 6) is 0.311. The van der Waals surface area contributed by atoms with Crippen molar-refractivity contribution in [1.82, 2.24) is 9.62 Å². The van der Waals surface area contributed by atoms with Gasteiger partial charge in [0.1, 0.15) is 5.84 Å². The molecule has 2 N–H and O–H groups in total. The van der Waals surface area contributed by atoms with Gasteiger partial charge in [-0.3, -0.25) is 19.4 Å². The molecule has 136 valence electrons. The van der Waals surface area contributed by atoms with Crippen LogP contribution in [0.2, 0.25) is 0 Å². The molecule has 1 aromatic rings. The Hall–Kier alpha value is -1.97. The van der Waals surface area contributed by atoms with Crippen LogP contribution in [0.5, 0.6) is 0 Å². The van der Waals surface area contributed by atoms with Crippen molar-refractivity contribution in [3.63, 3.8) is 0 Å². The van der Waals surface area contributed by atoms with Gasteiger partial charge >= 0.3 is 0 Å². The van der Waals surface area contributed by atoms with E-state index >= 15 is 0 Å². The van der Waals surface area contributed by atoms with Crippen molar-refractivity contribution < 1.29 is 17.9 Å². The van der Waals surface area contributed by atoms with Crippen molar-refractivity contribution >= 4 is 27.5 Å². The van der Waals surface area contributed by atoms with E-state index in [9.17, 15) is 13.2 Å². The minimum atomic E-state index is -3.69. The number of morpholine rings is 1. The van der Waals surface area contributed by atoms with Crippen LogP contribution in [0.25, 0.3) is 0 Å². The van der Waals surface area contributed by atoms with Gasteiger partial charge in [0.25, 0.3) is 10.0 Å². The van der Waals surface area contributed by atoms with Crippen molar-refractivity contribution in [2.24, 2.45) is 4.99 Å². The average Bonchev–Trinajstić information content (AvgIpc) is 3.08. The molecular weight excluding hydrogens is 344 g/mol. The lowest BCUT2D eigenvalue weighted by Gasteiger charge is -2.25. The first-order valence-corrected chi connectivity index (χ1v) is 9.77. The van der Waals surface area contributed by atoms with Gasteiger partial charge in [0.05, 0.1) is 24.7 Å². The highest BCUT2D eigenvalue weighted by molar-refractivity contribution is 7.90. The van der Waals surface area contributed by atoms with E-state index in [2.05, 4.69) is 15.0 Å². The lowest BCUT2D eigenvalue weighted by Crippen LogP contribution is -2.41. The Kier molecular flexibility index (Phi) is 5.67. The molecule has 9 heteroatoms. The summed E-state index contributed by atoms with van der Waals surface area (Å²) < 4.78 is 32.6. The lowest BCUT2D eigenvalue weighted by molar-refractivity contribution is -0.118. The van der Waals surface area contributed by atoms with Gasteiger partial charge in [0, 0.05) is 31.7 Å². The smallest absolute Gasteiger partial charge is 0.262 e. The van der Waals surface area contributed by atoms with Gasteiger partial charge in [-0.15, -0.1) is 0 Å². The minimum Gasteiger partial charge on any atom is -0.379 e. The van der Waals surface area contributed by atoms with Crippen LogP contribution in [-0.4, -0.2) is 64.5 Å². The molecule has 0 radical (unpaired) electrons. The number of anilines is 1. The van der Waals surface area contributed by atoms with E-state index in [1.165, 1.54) is 12.1 Å². The number of sulfonamides is 1. The van der Waals surface area contributed by atoms with Gasteiger partial charge in [-0.1, -0.05) is 6.07 Å². The van der Waals surface area contributed by atoms with E-state index < -0.39 is 10.0 Å². The number of aliphatic imine (C=N–C) groups is 1. The van der Waals surface area contributed by atoms with Crippen LogP contribution in [-0.2, 0) is 19.6 Å². The van der Waals surface area contributed by atoms with Crippen molar-refractivity contribution in [2.75, 3.05) is 44.7 Å². The van der Waals surface area contributed by atoms with Gasteiger partial charge in [-0.05, 0) is 24.6 Å². The van der Waals surface area contributed by atoms with Gasteiger partial charge in [-0.25, -0.2) is 8.42 Å². The first kappa shape index (κ1) is 17.8. The minimum absolute atomic E-state index is 0.103. The summed E-state index contributed by atoms with van der Waals surface area (Å²) in [6, 6.07) is 6.23. The number of carbonyl (C=O) groups is 1. The highest BCUT2D eigenvalue weighted by atomic mass is 32.2. The van der Waals surface area contributed by atoms with Crippen LogP contribution in [0, 0.1) is 0 Å². The number of hydrogen-bond donors (Lipinski definition) is 2. The van der Waals surface area contributed by atoms with Crippen LogP contribution in [0.15, 0.2) is 34.2 Å². The molecule has 2 aliphatic heterocycles. The third-order valence-electron chi connectivity index (χ3n) is 4.03. The molecule has 0 atom stereocenters. The molecule has 2 aliphatic rings. The Morgan fingerprint density at radius 2 is 2.08 bits per heavy atom. The standard InChI is InChI=1S/C16H22N4O4S/c21-16(12-20-7-9-24-10-8-20)18-13-3-1-4-14(11-13)25(22,23)19-15-5-2-6-17-15/h1,3-4,11H,2,5-10,12H2,(H,17,19)(H,18,21). The number of amidine groups is 1. The number of nitrogens with one attached hydrogen (secondary N) is 2. The molecule has 25 heavy (non-hydrogen) atoms. The van der Waals surface area contributed by atoms with E-state index in [1.807, 2.05) is 4.90 Å². The second-order valence-electron chi connectivity index (χ2n) is 6.00. The van der Waals surface area contributed by atoms with Crippen LogP contribution >= 0.6 is 0 Å². The zero-order chi connectivity index (χ0) is 17.7. The third-order valence-corrected chi connectivity index (χ3v) is 5.40. The maximum atomic E-state index is 12.4. The van der Waals surface area contributed by atoms with E-state index in [1.54, 1.807) is 12.1 Å². The number of nitrogens with zero attached hydrogens (tertiary/aromatic N) is 2. The number of carbonyl (C=O) groups excluding carboxylic acids is 1. The molecular formula is C16H22N4O4S. The SMILES string of the molecule is O=C(CN1CCOCC1)Nc1cccc(S(=O)(=O)NC2=NCCC2)c1. The Morgan fingerprint density at radius 1 is 1.28 bits per heavy atom. The van der Waals surface area contributed by atoms with Crippen molar-refractivity contribution in [3.8, 4) is 0 Å². The molecule has 0 spiro atoms. The zero-order valence-corrected chi connectivity index (χ0v) is 14.7. The first-order valence-electron chi connectivity index (χ1n) is 8.29. The quantitative estimate of drug-likeness (QED) is 0.787. The summed E-state index contributed by atoms with van der Waals surface area (Å²) in [4.78, 5) is 18.4. The van der Waals surface area contributed by atoms with Gasteiger partial charge < -0.3 is 10.1 Å². The van der Waals surface area contributed by atoms with E-state index in [4.69, 9.17) is 4.74 Å². The van der Waals surface area contributed by atoms with Gasteiger partial charge in [0.15, 0.2) is 0 Å². The molecule has 0 bridgehead atoms. The third kappa shape index (κ3) is 5.00. The largest absolute Gasteiger partial charge is 0.379 e. The lowest BCUT2D eigenvalue weighted by atomic mass is 10.3. The Morgan fingerprint density at radius 3 is 2.80 bits per heavy atom. The number of benzene rings is 1. The van der Waals surface area contributed by atoms with E-state index in [0.29, 0.717) is 50.8 Å².